The van der Waals surface area contributed by atoms with Crippen LogP contribution in [0.5, 0.6) is 0 Å². The molecule has 0 spiro atoms. The summed E-state index contributed by atoms with van der Waals surface area (Å²) < 4.78 is 7.06. The Hall–Kier alpha value is -5.97. The van der Waals surface area contributed by atoms with Crippen LogP contribution in [0, 0.1) is 33.1 Å². The van der Waals surface area contributed by atoms with Crippen molar-refractivity contribution < 1.29 is 23.9 Å². The van der Waals surface area contributed by atoms with E-state index in [-0.39, 0.29) is 41.9 Å². The third-order valence-corrected chi connectivity index (χ3v) is 15.8. The van der Waals surface area contributed by atoms with Gasteiger partial charge in [-0.05, 0) is 92.8 Å². The zero-order chi connectivity index (χ0) is 47.7. The number of nitrogens with zero attached hydrogens (tertiary/aromatic N) is 6. The minimum Gasteiger partial charge on any atom is -0.469 e. The maximum atomic E-state index is 14.2. The number of amides is 3. The fourth-order valence-corrected chi connectivity index (χ4v) is 11.4. The summed E-state index contributed by atoms with van der Waals surface area (Å²) in [6.07, 6.45) is 1.30. The molecule has 2 aliphatic rings. The molecule has 67 heavy (non-hydrogen) atoms. The van der Waals surface area contributed by atoms with Crippen molar-refractivity contribution in [3.05, 3.63) is 123 Å². The van der Waals surface area contributed by atoms with Crippen LogP contribution >= 0.6 is 34.4 Å². The van der Waals surface area contributed by atoms with Gasteiger partial charge in [-0.25, -0.2) is 4.98 Å². The summed E-state index contributed by atoms with van der Waals surface area (Å²) >= 11 is 4.66. The number of carbonyl (C=O) groups is 4. The lowest BCUT2D eigenvalue weighted by Gasteiger charge is -2.35. The Kier molecular flexibility index (Phi) is 14.0. The molecule has 2 aliphatic heterocycles. The van der Waals surface area contributed by atoms with Crippen LogP contribution in [0.15, 0.2) is 88.2 Å². The van der Waals surface area contributed by atoms with E-state index in [1.165, 1.54) is 23.7 Å². The van der Waals surface area contributed by atoms with E-state index in [4.69, 9.17) is 9.73 Å². The van der Waals surface area contributed by atoms with Gasteiger partial charge in [0, 0.05) is 27.4 Å². The molecule has 1 saturated heterocycles. The standard InChI is InChI=1S/C51H56N8O5S3/c1-28-31(4)67-50-43(28)44(54-39(25-42(61)64-9)47-57-56-32(5)59(47)50)36-16-14-34(15-17-36)35-20-22-38(23-21-35)65-26-41(60)55-46(51(6,7)8)49(63)58-24-10-11-40(58)48(62)53-29(2)33-12-18-37(19-13-33)45-30(3)52-27-66-45/h12-23,27,29,39-40,46H,10-11,24-26H2,1-9H3,(H,53,62)(H,55,60)/t29-,39-,40-,46?/m0/s1. The number of esters is 1. The van der Waals surface area contributed by atoms with Gasteiger partial charge < -0.3 is 20.3 Å². The molecule has 2 N–H and O–H groups in total. The molecule has 16 heteroatoms. The van der Waals surface area contributed by atoms with Crippen LogP contribution in [0.25, 0.3) is 26.6 Å². The first-order chi connectivity index (χ1) is 32.0. The molecule has 3 aromatic carbocycles. The Balaban J connectivity index is 0.896. The first-order valence-electron chi connectivity index (χ1n) is 22.4. The van der Waals surface area contributed by atoms with Gasteiger partial charge >= 0.3 is 5.97 Å². The van der Waals surface area contributed by atoms with E-state index < -0.39 is 23.5 Å². The number of rotatable bonds is 13. The van der Waals surface area contributed by atoms with Gasteiger partial charge in [-0.2, -0.15) is 0 Å². The number of aryl methyl sites for hydroxylation is 3. The molecule has 8 rings (SSSR count). The SMILES string of the molecule is COC(=O)C[C@@H]1N=C(c2ccc(-c3ccc(SCC(=O)NC(C(=O)N4CCC[C@H]4C(=O)N[C@@H](C)c4ccc(-c5scnc5C)cc4)C(C)(C)C)cc3)cc2)c2c(sc(C)c2C)-n2c(C)nnc21. The summed E-state index contributed by atoms with van der Waals surface area (Å²) in [5.74, 6) is 0.385. The van der Waals surface area contributed by atoms with E-state index in [0.29, 0.717) is 25.2 Å². The van der Waals surface area contributed by atoms with Crippen molar-refractivity contribution in [1.82, 2.24) is 35.3 Å². The second-order valence-electron chi connectivity index (χ2n) is 18.2. The lowest BCUT2D eigenvalue weighted by atomic mass is 9.85. The number of nitrogens with one attached hydrogen (secondary N) is 2. The number of hydrogen-bond acceptors (Lipinski definition) is 12. The maximum absolute atomic E-state index is 14.2. The number of hydrogen-bond donors (Lipinski definition) is 2. The molecule has 348 valence electrons. The number of thiophene rings is 1. The minimum atomic E-state index is -0.815. The molecule has 0 radical (unpaired) electrons. The van der Waals surface area contributed by atoms with Crippen LogP contribution in [-0.4, -0.2) is 85.5 Å². The lowest BCUT2D eigenvalue weighted by molar-refractivity contribution is -0.143. The van der Waals surface area contributed by atoms with Crippen molar-refractivity contribution in [3.63, 3.8) is 0 Å². The average Bonchev–Trinajstić information content (AvgIpc) is 4.11. The Bertz CT molecular complexity index is 2840. The number of ether oxygens (including phenoxy) is 1. The Morgan fingerprint density at radius 3 is 2.18 bits per heavy atom. The fraction of sp³-hybridized carbons (Fsp3) is 0.373. The molecule has 0 bridgehead atoms. The van der Waals surface area contributed by atoms with Crippen molar-refractivity contribution in [2.24, 2.45) is 10.4 Å². The Morgan fingerprint density at radius 2 is 1.54 bits per heavy atom. The van der Waals surface area contributed by atoms with Gasteiger partial charge in [-0.3, -0.25) is 28.7 Å². The molecule has 4 atom stereocenters. The zero-order valence-electron chi connectivity index (χ0n) is 39.3. The average molecular weight is 957 g/mol. The second-order valence-corrected chi connectivity index (χ2v) is 21.4. The summed E-state index contributed by atoms with van der Waals surface area (Å²) in [5, 5.41) is 16.0. The number of fused-ring (bicyclic) bond motifs is 3. The summed E-state index contributed by atoms with van der Waals surface area (Å²) in [7, 11) is 1.38. The van der Waals surface area contributed by atoms with E-state index in [1.54, 1.807) is 27.6 Å². The Morgan fingerprint density at radius 1 is 0.881 bits per heavy atom. The molecule has 3 aromatic heterocycles. The normalized spacial score (nSPS) is 16.6. The quantitative estimate of drug-likeness (QED) is 0.0850. The summed E-state index contributed by atoms with van der Waals surface area (Å²) in [6.45, 7) is 16.3. The topological polar surface area (TPSA) is 161 Å². The van der Waals surface area contributed by atoms with E-state index in [0.717, 1.165) is 70.9 Å². The maximum Gasteiger partial charge on any atom is 0.308 e. The highest BCUT2D eigenvalue weighted by molar-refractivity contribution is 8.00. The molecule has 6 aromatic rings. The van der Waals surface area contributed by atoms with Crippen molar-refractivity contribution >= 4 is 63.8 Å². The largest absolute Gasteiger partial charge is 0.469 e. The van der Waals surface area contributed by atoms with Gasteiger partial charge in [0.1, 0.15) is 29.0 Å². The van der Waals surface area contributed by atoms with Crippen LogP contribution in [0.3, 0.4) is 0 Å². The van der Waals surface area contributed by atoms with Gasteiger partial charge in [0.05, 0.1) is 47.1 Å². The second kappa shape index (κ2) is 19.7. The first kappa shape index (κ1) is 47.5. The van der Waals surface area contributed by atoms with E-state index in [1.807, 2.05) is 100 Å². The molecule has 3 amide bonds. The Labute approximate surface area is 403 Å². The number of thioether (sulfide) groups is 1. The highest BCUT2D eigenvalue weighted by Crippen LogP contribution is 2.40. The third-order valence-electron chi connectivity index (χ3n) is 12.6. The molecule has 13 nitrogen and oxygen atoms in total. The number of carbonyl (C=O) groups excluding carboxylic acids is 4. The molecule has 1 fully saturated rings. The smallest absolute Gasteiger partial charge is 0.308 e. The number of benzene rings is 3. The van der Waals surface area contributed by atoms with Crippen LogP contribution in [-0.2, 0) is 23.9 Å². The summed E-state index contributed by atoms with van der Waals surface area (Å²) in [4.78, 5) is 68.4. The predicted octanol–water partition coefficient (Wildman–Crippen LogP) is 9.30. The number of likely N-dealkylation sites (tertiary alicyclic amines) is 1. The summed E-state index contributed by atoms with van der Waals surface area (Å²) in [6, 6.07) is 22.2. The molecule has 0 aliphatic carbocycles. The zero-order valence-corrected chi connectivity index (χ0v) is 41.7. The molecule has 5 heterocycles. The highest BCUT2D eigenvalue weighted by Gasteiger charge is 2.42. The van der Waals surface area contributed by atoms with Gasteiger partial charge in [-0.15, -0.1) is 44.6 Å². The van der Waals surface area contributed by atoms with E-state index >= 15 is 0 Å². The highest BCUT2D eigenvalue weighted by atomic mass is 32.2. The minimum absolute atomic E-state index is 0.0375. The molecular formula is C51H56N8O5S3. The van der Waals surface area contributed by atoms with Gasteiger partial charge in [0.2, 0.25) is 17.7 Å². The van der Waals surface area contributed by atoms with Crippen LogP contribution in [0.2, 0.25) is 0 Å². The van der Waals surface area contributed by atoms with Crippen LogP contribution in [0.4, 0.5) is 0 Å². The van der Waals surface area contributed by atoms with Crippen LogP contribution in [0.1, 0.15) is 104 Å². The third kappa shape index (κ3) is 10.0. The molecule has 0 saturated carbocycles. The fourth-order valence-electron chi connectivity index (χ4n) is 8.69. The molecular weight excluding hydrogens is 901 g/mol. The van der Waals surface area contributed by atoms with Crippen molar-refractivity contribution in [2.45, 2.75) is 104 Å². The van der Waals surface area contributed by atoms with Crippen molar-refractivity contribution in [1.29, 1.82) is 0 Å². The molecule has 1 unspecified atom stereocenters. The van der Waals surface area contributed by atoms with E-state index in [2.05, 4.69) is 63.9 Å². The number of aromatic nitrogens is 4. The first-order valence-corrected chi connectivity index (χ1v) is 25.1. The van der Waals surface area contributed by atoms with E-state index in [9.17, 15) is 19.2 Å². The van der Waals surface area contributed by atoms with Gasteiger partial charge in [0.15, 0.2) is 5.82 Å². The number of thiazole rings is 1. The van der Waals surface area contributed by atoms with Crippen molar-refractivity contribution in [2.75, 3.05) is 19.4 Å². The number of aliphatic imine (C=N–C) groups is 1. The van der Waals surface area contributed by atoms with Crippen LogP contribution < -0.4 is 10.6 Å². The van der Waals surface area contributed by atoms with Gasteiger partial charge in [-0.1, -0.05) is 81.4 Å². The monoisotopic (exact) mass is 956 g/mol. The number of methoxy groups -OCH3 is 1. The predicted molar refractivity (Wildman–Crippen MR) is 266 cm³/mol. The summed E-state index contributed by atoms with van der Waals surface area (Å²) in [5.41, 5.74) is 10.1. The lowest BCUT2D eigenvalue weighted by Crippen LogP contribution is -2.58. The van der Waals surface area contributed by atoms with Gasteiger partial charge in [0.25, 0.3) is 0 Å². The van der Waals surface area contributed by atoms with Crippen molar-refractivity contribution in [3.8, 4) is 26.6 Å².